The lowest BCUT2D eigenvalue weighted by Crippen LogP contribution is -2.36. The van der Waals surface area contributed by atoms with Gasteiger partial charge in [-0.25, -0.2) is 0 Å². The maximum atomic E-state index is 12.3. The molecule has 2 fully saturated rings. The largest absolute Gasteiger partial charge is 0.379 e. The van der Waals surface area contributed by atoms with E-state index in [1.165, 1.54) is 12.8 Å². The lowest BCUT2D eigenvalue weighted by Gasteiger charge is -2.17. The molecule has 2 N–H and O–H groups in total. The molecule has 2 aliphatic rings. The number of carbonyl (C=O) groups excluding carboxylic acids is 1. The lowest BCUT2D eigenvalue weighted by molar-refractivity contribution is -0.125. The molecule has 1 saturated carbocycles. The number of hydrogen-bond donors (Lipinski definition) is 2. The molecule has 2 atom stereocenters. The molecule has 21 heavy (non-hydrogen) atoms. The van der Waals surface area contributed by atoms with Gasteiger partial charge in [0.2, 0.25) is 5.91 Å². The van der Waals surface area contributed by atoms with E-state index in [9.17, 15) is 4.79 Å². The number of nitrogens with one attached hydrogen (secondary N) is 2. The molecule has 1 amide bonds. The van der Waals surface area contributed by atoms with E-state index < -0.39 is 0 Å². The van der Waals surface area contributed by atoms with Crippen molar-refractivity contribution >= 4 is 5.91 Å². The summed E-state index contributed by atoms with van der Waals surface area (Å²) in [5.41, 5.74) is 1.13. The van der Waals surface area contributed by atoms with Crippen molar-refractivity contribution in [3.05, 3.63) is 18.0 Å². The molecular formula is C15H24N4O2. The number of rotatable bonds is 7. The van der Waals surface area contributed by atoms with Crippen LogP contribution in [0.2, 0.25) is 0 Å². The summed E-state index contributed by atoms with van der Waals surface area (Å²) in [6, 6.07) is 0. The molecule has 0 radical (unpaired) electrons. The van der Waals surface area contributed by atoms with Gasteiger partial charge in [-0.2, -0.15) is 5.10 Å². The predicted molar refractivity (Wildman–Crippen MR) is 78.9 cm³/mol. The number of hydrogen-bond acceptors (Lipinski definition) is 4. The highest BCUT2D eigenvalue weighted by Gasteiger charge is 2.34. The second kappa shape index (κ2) is 6.58. The molecule has 1 aliphatic heterocycles. The Labute approximate surface area is 125 Å². The molecule has 1 saturated heterocycles. The molecule has 116 valence electrons. The number of carbonyl (C=O) groups is 1. The van der Waals surface area contributed by atoms with Gasteiger partial charge in [-0.3, -0.25) is 9.48 Å². The van der Waals surface area contributed by atoms with Crippen LogP contribution in [-0.2, 0) is 16.6 Å². The fraction of sp³-hybridized carbons (Fsp3) is 0.733. The van der Waals surface area contributed by atoms with Gasteiger partial charge in [0.1, 0.15) is 0 Å². The van der Waals surface area contributed by atoms with E-state index in [1.807, 2.05) is 19.4 Å². The molecule has 1 aromatic heterocycles. The Morgan fingerprint density at radius 3 is 3.10 bits per heavy atom. The number of aryl methyl sites for hydroxylation is 1. The fourth-order valence-electron chi connectivity index (χ4n) is 2.85. The minimum Gasteiger partial charge on any atom is -0.379 e. The fourth-order valence-corrected chi connectivity index (χ4v) is 2.85. The zero-order chi connectivity index (χ0) is 14.7. The standard InChI is InChI=1S/C15H24N4O2/c1-19-9-12(6-18-19)13-7-16-8-14(13)15(20)17-4-5-21-10-11-2-3-11/h6,9,11,13-14,16H,2-5,7-8,10H2,1H3,(H,17,20)/t13-,14+/m1/s1. The monoisotopic (exact) mass is 292 g/mol. The second-order valence-electron chi connectivity index (χ2n) is 6.13. The molecular weight excluding hydrogens is 268 g/mol. The Morgan fingerprint density at radius 2 is 2.38 bits per heavy atom. The number of ether oxygens (including phenoxy) is 1. The van der Waals surface area contributed by atoms with E-state index in [-0.39, 0.29) is 17.7 Å². The van der Waals surface area contributed by atoms with Crippen LogP contribution in [0.1, 0.15) is 24.3 Å². The van der Waals surface area contributed by atoms with Gasteiger partial charge < -0.3 is 15.4 Å². The number of nitrogens with zero attached hydrogens (tertiary/aromatic N) is 2. The first-order chi connectivity index (χ1) is 10.2. The van der Waals surface area contributed by atoms with E-state index >= 15 is 0 Å². The topological polar surface area (TPSA) is 68.2 Å². The highest BCUT2D eigenvalue weighted by atomic mass is 16.5. The van der Waals surface area contributed by atoms with Gasteiger partial charge in [-0.15, -0.1) is 0 Å². The molecule has 1 aliphatic carbocycles. The molecule has 0 spiro atoms. The van der Waals surface area contributed by atoms with E-state index in [0.29, 0.717) is 13.2 Å². The Balaban J connectivity index is 1.44. The van der Waals surface area contributed by atoms with Gasteiger partial charge in [0.15, 0.2) is 0 Å². The first-order valence-electron chi connectivity index (χ1n) is 7.79. The first kappa shape index (κ1) is 14.5. The zero-order valence-corrected chi connectivity index (χ0v) is 12.5. The summed E-state index contributed by atoms with van der Waals surface area (Å²) in [5, 5.41) is 10.5. The third-order valence-corrected chi connectivity index (χ3v) is 4.30. The van der Waals surface area contributed by atoms with Crippen LogP contribution in [0.15, 0.2) is 12.4 Å². The van der Waals surface area contributed by atoms with Crippen molar-refractivity contribution in [3.63, 3.8) is 0 Å². The van der Waals surface area contributed by atoms with Crippen LogP contribution in [0, 0.1) is 11.8 Å². The van der Waals surface area contributed by atoms with Gasteiger partial charge >= 0.3 is 0 Å². The first-order valence-corrected chi connectivity index (χ1v) is 7.79. The van der Waals surface area contributed by atoms with Crippen molar-refractivity contribution in [3.8, 4) is 0 Å². The summed E-state index contributed by atoms with van der Waals surface area (Å²) in [6.07, 6.45) is 6.45. The van der Waals surface area contributed by atoms with Crippen LogP contribution in [0.25, 0.3) is 0 Å². The van der Waals surface area contributed by atoms with Crippen molar-refractivity contribution in [2.24, 2.45) is 18.9 Å². The summed E-state index contributed by atoms with van der Waals surface area (Å²) < 4.78 is 7.33. The SMILES string of the molecule is Cn1cc([C@H]2CNC[C@@H]2C(=O)NCCOCC2CC2)cn1. The van der Waals surface area contributed by atoms with Gasteiger partial charge in [0.25, 0.3) is 0 Å². The minimum atomic E-state index is -0.0161. The normalized spacial score (nSPS) is 25.2. The van der Waals surface area contributed by atoms with Crippen molar-refractivity contribution in [1.82, 2.24) is 20.4 Å². The van der Waals surface area contributed by atoms with Crippen LogP contribution in [0.5, 0.6) is 0 Å². The van der Waals surface area contributed by atoms with Gasteiger partial charge in [0.05, 0.1) is 18.7 Å². The average Bonchev–Trinajstić information content (AvgIpc) is 2.99. The second-order valence-corrected chi connectivity index (χ2v) is 6.13. The van der Waals surface area contributed by atoms with Crippen molar-refractivity contribution in [1.29, 1.82) is 0 Å². The van der Waals surface area contributed by atoms with Crippen LogP contribution in [-0.4, -0.2) is 48.5 Å². The summed E-state index contributed by atoms with van der Waals surface area (Å²) >= 11 is 0. The maximum Gasteiger partial charge on any atom is 0.225 e. The number of amides is 1. The van der Waals surface area contributed by atoms with Crippen molar-refractivity contribution in [2.45, 2.75) is 18.8 Å². The predicted octanol–water partition coefficient (Wildman–Crippen LogP) is 0.266. The van der Waals surface area contributed by atoms with E-state index in [4.69, 9.17) is 4.74 Å². The zero-order valence-electron chi connectivity index (χ0n) is 12.5. The minimum absolute atomic E-state index is 0.0161. The summed E-state index contributed by atoms with van der Waals surface area (Å²) in [6.45, 7) is 3.62. The summed E-state index contributed by atoms with van der Waals surface area (Å²) in [7, 11) is 1.90. The maximum absolute atomic E-state index is 12.3. The Hall–Kier alpha value is -1.40. The quantitative estimate of drug-likeness (QED) is 0.708. The average molecular weight is 292 g/mol. The molecule has 3 rings (SSSR count). The van der Waals surface area contributed by atoms with Gasteiger partial charge in [-0.05, 0) is 24.3 Å². The third-order valence-electron chi connectivity index (χ3n) is 4.30. The highest BCUT2D eigenvalue weighted by Crippen LogP contribution is 2.29. The summed E-state index contributed by atoms with van der Waals surface area (Å²) in [5.74, 6) is 1.09. The number of aromatic nitrogens is 2. The van der Waals surface area contributed by atoms with Crippen LogP contribution < -0.4 is 10.6 Å². The van der Waals surface area contributed by atoms with E-state index in [1.54, 1.807) is 4.68 Å². The molecule has 6 nitrogen and oxygen atoms in total. The van der Waals surface area contributed by atoms with Crippen LogP contribution in [0.4, 0.5) is 0 Å². The van der Waals surface area contributed by atoms with Gasteiger partial charge in [0, 0.05) is 45.4 Å². The van der Waals surface area contributed by atoms with E-state index in [0.717, 1.165) is 31.2 Å². The molecule has 2 heterocycles. The molecule has 1 aromatic rings. The Morgan fingerprint density at radius 1 is 1.52 bits per heavy atom. The lowest BCUT2D eigenvalue weighted by atomic mass is 9.90. The van der Waals surface area contributed by atoms with Gasteiger partial charge in [-0.1, -0.05) is 0 Å². The van der Waals surface area contributed by atoms with Crippen LogP contribution >= 0.6 is 0 Å². The smallest absolute Gasteiger partial charge is 0.225 e. The molecule has 0 bridgehead atoms. The van der Waals surface area contributed by atoms with Crippen molar-refractivity contribution in [2.75, 3.05) is 32.8 Å². The highest BCUT2D eigenvalue weighted by molar-refractivity contribution is 5.80. The van der Waals surface area contributed by atoms with Crippen molar-refractivity contribution < 1.29 is 9.53 Å². The Kier molecular flexibility index (Phi) is 4.55. The molecule has 0 aromatic carbocycles. The van der Waals surface area contributed by atoms with Crippen LogP contribution in [0.3, 0.4) is 0 Å². The molecule has 6 heteroatoms. The molecule has 0 unspecified atom stereocenters. The summed E-state index contributed by atoms with van der Waals surface area (Å²) in [4.78, 5) is 12.3. The third kappa shape index (κ3) is 3.83. The van der Waals surface area contributed by atoms with E-state index in [2.05, 4.69) is 15.7 Å². The Bertz CT molecular complexity index is 484.